The first-order chi connectivity index (χ1) is 14.8. The van der Waals surface area contributed by atoms with E-state index < -0.39 is 41.2 Å². The second kappa shape index (κ2) is 7.64. The molecule has 2 fully saturated rings. The number of amides is 2. The number of hydrogen-bond donors (Lipinski definition) is 2. The van der Waals surface area contributed by atoms with E-state index >= 15 is 0 Å². The minimum atomic E-state index is -1.56. The van der Waals surface area contributed by atoms with Gasteiger partial charge in [-0.15, -0.1) is 0 Å². The van der Waals surface area contributed by atoms with Crippen LogP contribution in [0.3, 0.4) is 0 Å². The molecule has 4 rings (SSSR count). The highest BCUT2D eigenvalue weighted by molar-refractivity contribution is 6.24. The van der Waals surface area contributed by atoms with Gasteiger partial charge in [0.15, 0.2) is 0 Å². The van der Waals surface area contributed by atoms with Gasteiger partial charge in [-0.25, -0.2) is 4.90 Å². The zero-order valence-corrected chi connectivity index (χ0v) is 17.3. The smallest absolute Gasteiger partial charge is 0.324 e. The van der Waals surface area contributed by atoms with Crippen molar-refractivity contribution >= 4 is 23.5 Å². The summed E-state index contributed by atoms with van der Waals surface area (Å²) >= 11 is 0. The Morgan fingerprint density at radius 2 is 1.77 bits per heavy atom. The number of fused-ring (bicyclic) bond motifs is 1. The molecule has 4 atom stereocenters. The Bertz CT molecular complexity index is 1070. The Morgan fingerprint density at radius 3 is 2.32 bits per heavy atom. The van der Waals surface area contributed by atoms with Crippen molar-refractivity contribution in [2.75, 3.05) is 4.90 Å². The maximum Gasteiger partial charge on any atom is 0.324 e. The van der Waals surface area contributed by atoms with E-state index in [9.17, 15) is 19.5 Å². The third-order valence-corrected chi connectivity index (χ3v) is 6.18. The molecule has 0 saturated carbocycles. The SMILES string of the molecule is CC(C)CC1(C(=O)O)NC(c2ccc(C#N)cc2)C2C(=O)N(c3ccccc3)C(=O)C21. The topological polar surface area (TPSA) is 110 Å². The molecule has 2 N–H and O–H groups in total. The molecule has 158 valence electrons. The number of nitriles is 1. The van der Waals surface area contributed by atoms with E-state index in [1.807, 2.05) is 13.8 Å². The summed E-state index contributed by atoms with van der Waals surface area (Å²) in [4.78, 5) is 40.8. The average molecular weight is 417 g/mol. The van der Waals surface area contributed by atoms with Crippen molar-refractivity contribution in [3.63, 3.8) is 0 Å². The maximum atomic E-state index is 13.5. The summed E-state index contributed by atoms with van der Waals surface area (Å²) in [6, 6.07) is 16.7. The summed E-state index contributed by atoms with van der Waals surface area (Å²) < 4.78 is 0. The molecule has 0 aliphatic carbocycles. The summed E-state index contributed by atoms with van der Waals surface area (Å²) in [5.41, 5.74) is 0.0178. The zero-order valence-electron chi connectivity index (χ0n) is 17.3. The zero-order chi connectivity index (χ0) is 22.3. The van der Waals surface area contributed by atoms with Crippen LogP contribution in [0.25, 0.3) is 0 Å². The number of nitrogens with one attached hydrogen (secondary N) is 1. The van der Waals surface area contributed by atoms with E-state index in [4.69, 9.17) is 5.26 Å². The molecule has 7 heteroatoms. The Balaban J connectivity index is 1.86. The third kappa shape index (κ3) is 3.20. The highest BCUT2D eigenvalue weighted by atomic mass is 16.4. The summed E-state index contributed by atoms with van der Waals surface area (Å²) in [5, 5.41) is 22.5. The number of para-hydroxylation sites is 1. The number of imide groups is 1. The van der Waals surface area contributed by atoms with Gasteiger partial charge in [-0.3, -0.25) is 19.7 Å². The molecule has 0 spiro atoms. The van der Waals surface area contributed by atoms with Crippen molar-refractivity contribution in [2.24, 2.45) is 17.8 Å². The fraction of sp³-hybridized carbons (Fsp3) is 0.333. The number of aliphatic carboxylic acids is 1. The molecular formula is C24H23N3O4. The normalized spacial score (nSPS) is 27.4. The molecule has 2 amide bonds. The predicted octanol–water partition coefficient (Wildman–Crippen LogP) is 2.88. The van der Waals surface area contributed by atoms with Gasteiger partial charge in [0.25, 0.3) is 0 Å². The monoisotopic (exact) mass is 417 g/mol. The highest BCUT2D eigenvalue weighted by Crippen LogP contribution is 2.51. The van der Waals surface area contributed by atoms with Crippen molar-refractivity contribution in [3.8, 4) is 6.07 Å². The van der Waals surface area contributed by atoms with Crippen LogP contribution in [0.5, 0.6) is 0 Å². The van der Waals surface area contributed by atoms with Gasteiger partial charge in [0.05, 0.1) is 29.2 Å². The average Bonchev–Trinajstić information content (AvgIpc) is 3.23. The van der Waals surface area contributed by atoms with E-state index in [0.717, 1.165) is 4.90 Å². The number of carboxylic acids is 1. The molecule has 31 heavy (non-hydrogen) atoms. The molecule has 0 radical (unpaired) electrons. The van der Waals surface area contributed by atoms with Crippen molar-refractivity contribution in [1.82, 2.24) is 5.32 Å². The second-order valence-electron chi connectivity index (χ2n) is 8.58. The molecule has 2 heterocycles. The van der Waals surface area contributed by atoms with Crippen LogP contribution in [0.2, 0.25) is 0 Å². The number of carbonyl (C=O) groups is 3. The summed E-state index contributed by atoms with van der Waals surface area (Å²) in [5.74, 6) is -3.93. The first-order valence-corrected chi connectivity index (χ1v) is 10.2. The van der Waals surface area contributed by atoms with Gasteiger partial charge in [0, 0.05) is 6.04 Å². The van der Waals surface area contributed by atoms with Crippen molar-refractivity contribution in [1.29, 1.82) is 5.26 Å². The number of carboxylic acid groups (broad SMARTS) is 1. The van der Waals surface area contributed by atoms with Gasteiger partial charge >= 0.3 is 5.97 Å². The van der Waals surface area contributed by atoms with Crippen LogP contribution < -0.4 is 10.2 Å². The van der Waals surface area contributed by atoms with E-state index in [-0.39, 0.29) is 12.3 Å². The first-order valence-electron chi connectivity index (χ1n) is 10.2. The molecule has 2 saturated heterocycles. The lowest BCUT2D eigenvalue weighted by atomic mass is 9.75. The lowest BCUT2D eigenvalue weighted by molar-refractivity contribution is -0.149. The van der Waals surface area contributed by atoms with E-state index in [0.29, 0.717) is 16.8 Å². The molecule has 2 aliphatic rings. The van der Waals surface area contributed by atoms with Gasteiger partial charge in [-0.05, 0) is 42.2 Å². The lowest BCUT2D eigenvalue weighted by Gasteiger charge is -2.32. The first kappa shape index (κ1) is 20.8. The van der Waals surface area contributed by atoms with E-state index in [2.05, 4.69) is 11.4 Å². The van der Waals surface area contributed by atoms with Gasteiger partial charge in [0.2, 0.25) is 11.8 Å². The maximum absolute atomic E-state index is 13.5. The van der Waals surface area contributed by atoms with Gasteiger partial charge < -0.3 is 5.11 Å². The number of anilines is 1. The van der Waals surface area contributed by atoms with Crippen LogP contribution in [0.4, 0.5) is 5.69 Å². The lowest BCUT2D eigenvalue weighted by Crippen LogP contribution is -2.56. The summed E-state index contributed by atoms with van der Waals surface area (Å²) in [6.07, 6.45) is 0.206. The number of carbonyl (C=O) groups excluding carboxylic acids is 2. The quantitative estimate of drug-likeness (QED) is 0.724. The minimum absolute atomic E-state index is 0.0161. The molecular weight excluding hydrogens is 394 g/mol. The fourth-order valence-electron chi connectivity index (χ4n) is 5.00. The summed E-state index contributed by atoms with van der Waals surface area (Å²) in [6.45, 7) is 3.79. The molecule has 2 aromatic carbocycles. The van der Waals surface area contributed by atoms with Crippen molar-refractivity contribution in [2.45, 2.75) is 31.8 Å². The minimum Gasteiger partial charge on any atom is -0.480 e. The fourth-order valence-corrected chi connectivity index (χ4v) is 5.00. The molecule has 2 aromatic rings. The van der Waals surface area contributed by atoms with E-state index in [1.165, 1.54) is 0 Å². The van der Waals surface area contributed by atoms with Crippen LogP contribution in [0.15, 0.2) is 54.6 Å². The molecule has 0 aromatic heterocycles. The molecule has 7 nitrogen and oxygen atoms in total. The third-order valence-electron chi connectivity index (χ3n) is 6.18. The Hall–Kier alpha value is -3.50. The number of benzene rings is 2. The van der Waals surface area contributed by atoms with Crippen LogP contribution in [-0.2, 0) is 14.4 Å². The number of hydrogen-bond acceptors (Lipinski definition) is 5. The molecule has 0 bridgehead atoms. The summed E-state index contributed by atoms with van der Waals surface area (Å²) in [7, 11) is 0. The standard InChI is InChI=1S/C24H23N3O4/c1-14(2)12-24(23(30)31)19-18(20(26-24)16-10-8-15(13-25)9-11-16)21(28)27(22(19)29)17-6-4-3-5-7-17/h3-11,14,18-20,26H,12H2,1-2H3,(H,30,31). The highest BCUT2D eigenvalue weighted by Gasteiger charge is 2.68. The van der Waals surface area contributed by atoms with Crippen molar-refractivity contribution < 1.29 is 19.5 Å². The van der Waals surface area contributed by atoms with Crippen LogP contribution in [0.1, 0.15) is 37.4 Å². The van der Waals surface area contributed by atoms with Crippen LogP contribution in [-0.4, -0.2) is 28.4 Å². The molecule has 4 unspecified atom stereocenters. The van der Waals surface area contributed by atoms with Crippen LogP contribution >= 0.6 is 0 Å². The van der Waals surface area contributed by atoms with E-state index in [1.54, 1.807) is 54.6 Å². The largest absolute Gasteiger partial charge is 0.480 e. The Kier molecular flexibility index (Phi) is 5.11. The predicted molar refractivity (Wildman–Crippen MR) is 113 cm³/mol. The van der Waals surface area contributed by atoms with Gasteiger partial charge in [-0.2, -0.15) is 5.26 Å². The number of rotatable bonds is 5. The molecule has 2 aliphatic heterocycles. The Labute approximate surface area is 180 Å². The van der Waals surface area contributed by atoms with Gasteiger partial charge in [-0.1, -0.05) is 44.2 Å². The van der Waals surface area contributed by atoms with Crippen LogP contribution in [0, 0.1) is 29.1 Å². The second-order valence-corrected chi connectivity index (χ2v) is 8.58. The van der Waals surface area contributed by atoms with Crippen molar-refractivity contribution in [3.05, 3.63) is 65.7 Å². The Morgan fingerprint density at radius 1 is 1.13 bits per heavy atom. The number of nitrogens with zero attached hydrogens (tertiary/aromatic N) is 2. The van der Waals surface area contributed by atoms with Gasteiger partial charge in [0.1, 0.15) is 5.54 Å².